The third kappa shape index (κ3) is 4.68. The zero-order valence-electron chi connectivity index (χ0n) is 9.15. The Morgan fingerprint density at radius 3 is 2.40 bits per heavy atom. The number of carbonyl (C=O) groups is 1. The number of hydrogen-bond acceptors (Lipinski definition) is 1. The number of halogens is 2. The SMILES string of the molecule is C=C/C(F)=C(/F)C(=C)C(C)CCC(C)=O. The number of ketones is 1. The van der Waals surface area contributed by atoms with E-state index >= 15 is 0 Å². The molecule has 0 aromatic carbocycles. The molecule has 0 aliphatic carbocycles. The lowest BCUT2D eigenvalue weighted by Crippen LogP contribution is -2.03. The quantitative estimate of drug-likeness (QED) is 0.613. The summed E-state index contributed by atoms with van der Waals surface area (Å²) in [4.78, 5) is 10.7. The van der Waals surface area contributed by atoms with Crippen molar-refractivity contribution in [1.29, 1.82) is 0 Å². The summed E-state index contributed by atoms with van der Waals surface area (Å²) in [6.07, 6.45) is 1.63. The fourth-order valence-electron chi connectivity index (χ4n) is 1.05. The Kier molecular flexibility index (Phi) is 5.75. The lowest BCUT2D eigenvalue weighted by Gasteiger charge is -2.12. The highest BCUT2D eigenvalue weighted by molar-refractivity contribution is 5.75. The predicted octanol–water partition coefficient (Wildman–Crippen LogP) is 3.88. The van der Waals surface area contributed by atoms with E-state index in [2.05, 4.69) is 13.2 Å². The van der Waals surface area contributed by atoms with Crippen LogP contribution in [0.1, 0.15) is 26.7 Å². The molecule has 15 heavy (non-hydrogen) atoms. The normalized spacial score (nSPS) is 14.1. The lowest BCUT2D eigenvalue weighted by atomic mass is 9.95. The maximum Gasteiger partial charge on any atom is 0.161 e. The molecule has 1 atom stereocenters. The summed E-state index contributed by atoms with van der Waals surface area (Å²) >= 11 is 0. The van der Waals surface area contributed by atoms with Crippen LogP contribution in [0.2, 0.25) is 0 Å². The van der Waals surface area contributed by atoms with Crippen LogP contribution in [-0.2, 0) is 4.79 Å². The van der Waals surface area contributed by atoms with Gasteiger partial charge in [0.25, 0.3) is 0 Å². The van der Waals surface area contributed by atoms with Crippen LogP contribution in [0.15, 0.2) is 36.5 Å². The van der Waals surface area contributed by atoms with Crippen molar-refractivity contribution in [3.63, 3.8) is 0 Å². The summed E-state index contributed by atoms with van der Waals surface area (Å²) in [6.45, 7) is 9.77. The molecule has 1 nitrogen and oxygen atoms in total. The van der Waals surface area contributed by atoms with Gasteiger partial charge in [-0.1, -0.05) is 20.1 Å². The second-order valence-electron chi connectivity index (χ2n) is 3.53. The summed E-state index contributed by atoms with van der Waals surface area (Å²) in [5.74, 6) is -2.20. The van der Waals surface area contributed by atoms with Gasteiger partial charge in [-0.05, 0) is 30.9 Å². The van der Waals surface area contributed by atoms with E-state index < -0.39 is 11.7 Å². The Hall–Kier alpha value is -1.25. The Labute approximate surface area is 89.2 Å². The summed E-state index contributed by atoms with van der Waals surface area (Å²) in [5, 5.41) is 0. The molecule has 0 rings (SSSR count). The first-order valence-corrected chi connectivity index (χ1v) is 4.76. The van der Waals surface area contributed by atoms with Gasteiger partial charge < -0.3 is 4.79 Å². The number of allylic oxidation sites excluding steroid dienone is 4. The molecule has 84 valence electrons. The van der Waals surface area contributed by atoms with Gasteiger partial charge in [0.2, 0.25) is 0 Å². The topological polar surface area (TPSA) is 17.1 Å². The Bertz CT molecular complexity index is 303. The summed E-state index contributed by atoms with van der Waals surface area (Å²) in [6, 6.07) is 0. The molecule has 0 fully saturated rings. The van der Waals surface area contributed by atoms with Crippen molar-refractivity contribution >= 4 is 5.78 Å². The van der Waals surface area contributed by atoms with Crippen LogP contribution in [-0.4, -0.2) is 5.78 Å². The van der Waals surface area contributed by atoms with Crippen molar-refractivity contribution < 1.29 is 13.6 Å². The van der Waals surface area contributed by atoms with Crippen LogP contribution < -0.4 is 0 Å². The molecule has 0 aliphatic rings. The highest BCUT2D eigenvalue weighted by Gasteiger charge is 2.15. The van der Waals surface area contributed by atoms with Gasteiger partial charge in [-0.2, -0.15) is 0 Å². The fraction of sp³-hybridized carbons (Fsp3) is 0.417. The van der Waals surface area contributed by atoms with Crippen molar-refractivity contribution in [1.82, 2.24) is 0 Å². The van der Waals surface area contributed by atoms with E-state index in [1.54, 1.807) is 6.92 Å². The monoisotopic (exact) mass is 214 g/mol. The zero-order chi connectivity index (χ0) is 12.0. The van der Waals surface area contributed by atoms with Crippen molar-refractivity contribution in [3.05, 3.63) is 36.5 Å². The fourth-order valence-corrected chi connectivity index (χ4v) is 1.05. The highest BCUT2D eigenvalue weighted by Crippen LogP contribution is 2.26. The second-order valence-corrected chi connectivity index (χ2v) is 3.53. The molecule has 0 saturated heterocycles. The standard InChI is InChI=1S/C12H16F2O/c1-5-11(13)12(14)10(4)8(2)6-7-9(3)15/h5,8H,1,4,6-7H2,2-3H3/b12-11-. The molecule has 0 bridgehead atoms. The van der Waals surface area contributed by atoms with Crippen molar-refractivity contribution in [3.8, 4) is 0 Å². The lowest BCUT2D eigenvalue weighted by molar-refractivity contribution is -0.117. The van der Waals surface area contributed by atoms with Crippen LogP contribution in [0, 0.1) is 5.92 Å². The minimum absolute atomic E-state index is 0.0308. The average Bonchev–Trinajstić information content (AvgIpc) is 2.22. The molecular weight excluding hydrogens is 198 g/mol. The summed E-state index contributed by atoms with van der Waals surface area (Å²) < 4.78 is 26.0. The maximum atomic E-state index is 13.2. The Balaban J connectivity index is 4.45. The molecule has 0 N–H and O–H groups in total. The molecule has 0 spiro atoms. The van der Waals surface area contributed by atoms with E-state index in [-0.39, 0.29) is 17.3 Å². The van der Waals surface area contributed by atoms with E-state index in [4.69, 9.17) is 0 Å². The summed E-state index contributed by atoms with van der Waals surface area (Å²) in [5.41, 5.74) is 0.0775. The molecule has 3 heteroatoms. The minimum Gasteiger partial charge on any atom is -0.300 e. The molecule has 0 radical (unpaired) electrons. The van der Waals surface area contributed by atoms with E-state index in [0.29, 0.717) is 12.8 Å². The Morgan fingerprint density at radius 2 is 2.00 bits per heavy atom. The molecule has 0 aromatic rings. The molecule has 0 heterocycles. The van der Waals surface area contributed by atoms with Crippen LogP contribution in [0.3, 0.4) is 0 Å². The Morgan fingerprint density at radius 1 is 1.47 bits per heavy atom. The van der Waals surface area contributed by atoms with Crippen molar-refractivity contribution in [2.45, 2.75) is 26.7 Å². The van der Waals surface area contributed by atoms with Gasteiger partial charge in [0.05, 0.1) is 0 Å². The number of Topliss-reactive ketones (excluding diaryl/α,β-unsaturated/α-hetero) is 1. The van der Waals surface area contributed by atoms with E-state index in [1.165, 1.54) is 6.92 Å². The van der Waals surface area contributed by atoms with Gasteiger partial charge >= 0.3 is 0 Å². The van der Waals surface area contributed by atoms with Gasteiger partial charge in [0.1, 0.15) is 5.78 Å². The minimum atomic E-state index is -1.00. The van der Waals surface area contributed by atoms with Crippen LogP contribution in [0.5, 0.6) is 0 Å². The third-order valence-electron chi connectivity index (χ3n) is 2.20. The zero-order valence-corrected chi connectivity index (χ0v) is 9.15. The number of rotatable bonds is 6. The van der Waals surface area contributed by atoms with Gasteiger partial charge in [-0.25, -0.2) is 8.78 Å². The average molecular weight is 214 g/mol. The first kappa shape index (κ1) is 13.8. The first-order chi connectivity index (χ1) is 6.90. The summed E-state index contributed by atoms with van der Waals surface area (Å²) in [7, 11) is 0. The van der Waals surface area contributed by atoms with E-state index in [0.717, 1.165) is 6.08 Å². The van der Waals surface area contributed by atoms with Gasteiger partial charge in [0, 0.05) is 6.42 Å². The van der Waals surface area contributed by atoms with Crippen LogP contribution >= 0.6 is 0 Å². The number of carbonyl (C=O) groups excluding carboxylic acids is 1. The molecule has 0 amide bonds. The van der Waals surface area contributed by atoms with E-state index in [1.807, 2.05) is 0 Å². The molecule has 0 aliphatic heterocycles. The van der Waals surface area contributed by atoms with Crippen molar-refractivity contribution in [2.24, 2.45) is 5.92 Å². The van der Waals surface area contributed by atoms with Gasteiger partial charge in [-0.3, -0.25) is 0 Å². The third-order valence-corrected chi connectivity index (χ3v) is 2.20. The molecule has 0 aromatic heterocycles. The molecular formula is C12H16F2O. The largest absolute Gasteiger partial charge is 0.300 e. The maximum absolute atomic E-state index is 13.2. The van der Waals surface area contributed by atoms with E-state index in [9.17, 15) is 13.6 Å². The second kappa shape index (κ2) is 6.27. The highest BCUT2D eigenvalue weighted by atomic mass is 19.2. The van der Waals surface area contributed by atoms with Crippen LogP contribution in [0.4, 0.5) is 8.78 Å². The smallest absolute Gasteiger partial charge is 0.161 e. The van der Waals surface area contributed by atoms with Crippen LogP contribution in [0.25, 0.3) is 0 Å². The molecule has 0 saturated carbocycles. The van der Waals surface area contributed by atoms with Crippen molar-refractivity contribution in [2.75, 3.05) is 0 Å². The molecule has 1 unspecified atom stereocenters. The van der Waals surface area contributed by atoms with Gasteiger partial charge in [0.15, 0.2) is 11.7 Å². The number of hydrogen-bond donors (Lipinski definition) is 0. The first-order valence-electron chi connectivity index (χ1n) is 4.76. The van der Waals surface area contributed by atoms with Gasteiger partial charge in [-0.15, -0.1) is 0 Å². The predicted molar refractivity (Wildman–Crippen MR) is 57.7 cm³/mol.